The lowest BCUT2D eigenvalue weighted by Gasteiger charge is -2.66. The Hall–Kier alpha value is -4.71. The number of rotatable bonds is 8. The van der Waals surface area contributed by atoms with Crippen LogP contribution in [0, 0.1) is 22.7 Å². The summed E-state index contributed by atoms with van der Waals surface area (Å²) in [5, 5.41) is 12.3. The zero-order chi connectivity index (χ0) is 36.0. The van der Waals surface area contributed by atoms with E-state index in [0.29, 0.717) is 29.7 Å². The molecule has 50 heavy (non-hydrogen) atoms. The monoisotopic (exact) mass is 689 g/mol. The second-order valence-corrected chi connectivity index (χ2v) is 14.3. The van der Waals surface area contributed by atoms with Crippen molar-refractivity contribution >= 4 is 17.9 Å². The number of hydrogen-bond donors (Lipinski definition) is 1. The first-order valence-corrected chi connectivity index (χ1v) is 16.8. The summed E-state index contributed by atoms with van der Waals surface area (Å²) < 4.78 is 35.5. The Bertz CT molecular complexity index is 1820. The number of aliphatic hydroxyl groups is 1. The summed E-state index contributed by atoms with van der Waals surface area (Å²) >= 11 is 0. The van der Waals surface area contributed by atoms with Crippen molar-refractivity contribution in [1.29, 1.82) is 0 Å². The van der Waals surface area contributed by atoms with Gasteiger partial charge in [-0.1, -0.05) is 26.0 Å². The number of aromatic nitrogens is 1. The van der Waals surface area contributed by atoms with Crippen molar-refractivity contribution in [1.82, 2.24) is 4.98 Å². The first-order chi connectivity index (χ1) is 23.7. The minimum Gasteiger partial charge on any atom is -0.497 e. The van der Waals surface area contributed by atoms with E-state index in [2.05, 4.69) is 4.98 Å². The van der Waals surface area contributed by atoms with Crippen LogP contribution in [-0.4, -0.2) is 59.5 Å². The van der Waals surface area contributed by atoms with Crippen LogP contribution in [0.4, 0.5) is 0 Å². The molecule has 3 heterocycles. The van der Waals surface area contributed by atoms with E-state index in [0.717, 1.165) is 0 Å². The van der Waals surface area contributed by atoms with Crippen molar-refractivity contribution in [2.75, 3.05) is 13.7 Å². The molecule has 1 aromatic carbocycles. The van der Waals surface area contributed by atoms with E-state index in [1.165, 1.54) is 13.8 Å². The standard InChI is InChI=1S/C38H43NO11/c1-21(40)46-20-37(4)28-18-30(49-31(42)16-23-9-11-25(45-6)12-10-23)38(5)34(36(28,3)14-13-29(37)47-22(2)41)33(43)32-27(50-38)17-26(48-35(32)44)24-8-7-15-39-19-24/h7-12,15,17,19,28-30,33-34,43H,13-14,16,18,20H2,1-6H3/t28?,29-,30-,33-,34?,36-,37?,38+/m0/s1. The number of esters is 3. The molecule has 12 heteroatoms. The van der Waals surface area contributed by atoms with Crippen LogP contribution in [0.15, 0.2) is 64.1 Å². The van der Waals surface area contributed by atoms with Gasteiger partial charge in [-0.3, -0.25) is 19.4 Å². The highest BCUT2D eigenvalue weighted by Gasteiger charge is 2.71. The minimum absolute atomic E-state index is 0.0332. The van der Waals surface area contributed by atoms with E-state index < -0.39 is 70.1 Å². The molecule has 1 N–H and O–H groups in total. The molecule has 2 saturated carbocycles. The van der Waals surface area contributed by atoms with Gasteiger partial charge in [0.25, 0.3) is 0 Å². The quantitative estimate of drug-likeness (QED) is 0.250. The van der Waals surface area contributed by atoms with Crippen molar-refractivity contribution in [2.24, 2.45) is 22.7 Å². The van der Waals surface area contributed by atoms with Gasteiger partial charge in [0.1, 0.15) is 47.2 Å². The van der Waals surface area contributed by atoms with Gasteiger partial charge in [0.2, 0.25) is 0 Å². The second-order valence-electron chi connectivity index (χ2n) is 14.3. The van der Waals surface area contributed by atoms with Gasteiger partial charge in [0.15, 0.2) is 0 Å². The molecular weight excluding hydrogens is 646 g/mol. The first-order valence-electron chi connectivity index (χ1n) is 16.8. The maximum atomic E-state index is 13.7. The molecule has 0 spiro atoms. The molecule has 266 valence electrons. The molecule has 0 amide bonds. The molecular formula is C38H43NO11. The van der Waals surface area contributed by atoms with Crippen LogP contribution >= 0.6 is 0 Å². The summed E-state index contributed by atoms with van der Waals surface area (Å²) in [4.78, 5) is 56.0. The minimum atomic E-state index is -1.39. The second kappa shape index (κ2) is 13.2. The van der Waals surface area contributed by atoms with Crippen molar-refractivity contribution in [3.05, 3.63) is 76.4 Å². The van der Waals surface area contributed by atoms with Crippen molar-refractivity contribution in [3.63, 3.8) is 0 Å². The maximum absolute atomic E-state index is 13.7. The Balaban J connectivity index is 1.46. The molecule has 3 unspecified atom stereocenters. The Labute approximate surface area is 290 Å². The van der Waals surface area contributed by atoms with Crippen LogP contribution in [0.1, 0.15) is 71.1 Å². The molecule has 6 rings (SSSR count). The number of fused-ring (bicyclic) bond motifs is 4. The molecule has 12 nitrogen and oxygen atoms in total. The zero-order valence-electron chi connectivity index (χ0n) is 29.1. The number of hydrogen-bond acceptors (Lipinski definition) is 12. The fourth-order valence-corrected chi connectivity index (χ4v) is 8.95. The molecule has 8 atom stereocenters. The number of methoxy groups -OCH3 is 1. The van der Waals surface area contributed by atoms with Gasteiger partial charge in [0.05, 0.1) is 19.6 Å². The Kier molecular flexibility index (Phi) is 9.28. The fourth-order valence-electron chi connectivity index (χ4n) is 8.95. The lowest BCUT2D eigenvalue weighted by molar-refractivity contribution is -0.271. The van der Waals surface area contributed by atoms with Crippen molar-refractivity contribution in [2.45, 2.75) is 84.2 Å². The van der Waals surface area contributed by atoms with Crippen LogP contribution in [-0.2, 0) is 35.0 Å². The largest absolute Gasteiger partial charge is 0.497 e. The van der Waals surface area contributed by atoms with Crippen molar-refractivity contribution in [3.8, 4) is 22.8 Å². The average Bonchev–Trinajstić information content (AvgIpc) is 3.06. The lowest BCUT2D eigenvalue weighted by atomic mass is 9.42. The number of aliphatic hydroxyl groups excluding tert-OH is 1. The van der Waals surface area contributed by atoms with Gasteiger partial charge in [-0.25, -0.2) is 4.79 Å². The normalized spacial score (nSPS) is 31.1. The Morgan fingerprint density at radius 2 is 1.76 bits per heavy atom. The molecule has 3 aromatic rings. The van der Waals surface area contributed by atoms with E-state index in [1.54, 1.807) is 68.9 Å². The van der Waals surface area contributed by atoms with Gasteiger partial charge >= 0.3 is 23.5 Å². The highest BCUT2D eigenvalue weighted by Crippen LogP contribution is 2.67. The Morgan fingerprint density at radius 1 is 1.02 bits per heavy atom. The van der Waals surface area contributed by atoms with E-state index in [-0.39, 0.29) is 36.5 Å². The molecule has 2 aromatic heterocycles. The fraction of sp³-hybridized carbons (Fsp3) is 0.500. The summed E-state index contributed by atoms with van der Waals surface area (Å²) in [7, 11) is 1.56. The predicted molar refractivity (Wildman–Crippen MR) is 178 cm³/mol. The third kappa shape index (κ3) is 6.14. The summed E-state index contributed by atoms with van der Waals surface area (Å²) in [6.07, 6.45) is 1.22. The number of pyridine rings is 1. The maximum Gasteiger partial charge on any atom is 0.345 e. The number of benzene rings is 1. The molecule has 2 aliphatic carbocycles. The molecule has 0 saturated heterocycles. The Morgan fingerprint density at radius 3 is 2.40 bits per heavy atom. The van der Waals surface area contributed by atoms with Crippen LogP contribution < -0.4 is 15.1 Å². The van der Waals surface area contributed by atoms with Gasteiger partial charge in [-0.15, -0.1) is 0 Å². The van der Waals surface area contributed by atoms with Crippen LogP contribution in [0.3, 0.4) is 0 Å². The smallest absolute Gasteiger partial charge is 0.345 e. The third-order valence-corrected chi connectivity index (χ3v) is 11.2. The first kappa shape index (κ1) is 35.1. The summed E-state index contributed by atoms with van der Waals surface area (Å²) in [6, 6.07) is 12.1. The molecule has 2 fully saturated rings. The summed E-state index contributed by atoms with van der Waals surface area (Å²) in [5.74, 6) is -1.76. The van der Waals surface area contributed by atoms with Crippen LogP contribution in [0.25, 0.3) is 11.3 Å². The summed E-state index contributed by atoms with van der Waals surface area (Å²) in [5.41, 5.74) is -2.62. The third-order valence-electron chi connectivity index (χ3n) is 11.2. The van der Waals surface area contributed by atoms with E-state index in [4.69, 9.17) is 28.1 Å². The highest BCUT2D eigenvalue weighted by molar-refractivity contribution is 5.73. The lowest BCUT2D eigenvalue weighted by Crippen LogP contribution is -2.71. The van der Waals surface area contributed by atoms with Gasteiger partial charge < -0.3 is 33.2 Å². The number of carbonyl (C=O) groups is 3. The molecule has 3 aliphatic rings. The topological polar surface area (TPSA) is 161 Å². The van der Waals surface area contributed by atoms with Crippen molar-refractivity contribution < 1.29 is 47.6 Å². The van der Waals surface area contributed by atoms with Gasteiger partial charge in [-0.05, 0) is 67.3 Å². The summed E-state index contributed by atoms with van der Waals surface area (Å²) in [6.45, 7) is 8.26. The van der Waals surface area contributed by atoms with Gasteiger partial charge in [-0.2, -0.15) is 0 Å². The van der Waals surface area contributed by atoms with Gasteiger partial charge in [0, 0.05) is 49.2 Å². The van der Waals surface area contributed by atoms with Crippen LogP contribution in [0.2, 0.25) is 0 Å². The molecule has 0 bridgehead atoms. The number of ether oxygens (including phenoxy) is 5. The van der Waals surface area contributed by atoms with E-state index in [9.17, 15) is 24.3 Å². The zero-order valence-corrected chi connectivity index (χ0v) is 29.1. The number of nitrogens with zero attached hydrogens (tertiary/aromatic N) is 1. The molecule has 1 aliphatic heterocycles. The SMILES string of the molecule is COc1ccc(CC(=O)O[C@H]2CC3C(C)(COC(C)=O)[C@@H](OC(C)=O)CC[C@]3(C)C3[C@@H](O)c4c(cc(-c5cccnc5)oc4=O)O[C@@]32C)cc1. The average molecular weight is 690 g/mol. The van der Waals surface area contributed by atoms with Crippen LogP contribution in [0.5, 0.6) is 11.5 Å². The van der Waals surface area contributed by atoms with E-state index >= 15 is 0 Å². The molecule has 0 radical (unpaired) electrons. The number of carbonyl (C=O) groups excluding carboxylic acids is 3. The highest BCUT2D eigenvalue weighted by atomic mass is 16.6. The van der Waals surface area contributed by atoms with E-state index in [1.807, 2.05) is 13.8 Å². The predicted octanol–water partition coefficient (Wildman–Crippen LogP) is 4.99.